The molecule has 0 atom stereocenters. The maximum Gasteiger partial charge on any atom is 0.122 e. The van der Waals surface area contributed by atoms with Crippen molar-refractivity contribution in [3.05, 3.63) is 36.3 Å². The largest absolute Gasteiger partial charge is 0.384 e. The molecule has 4 heteroatoms. The SMILES string of the molecule is N=C(N)c1ccc2ncncc2c1. The normalized spacial score (nSPS) is 10.2. The molecule has 0 amide bonds. The highest BCUT2D eigenvalue weighted by atomic mass is 14.8. The van der Waals surface area contributed by atoms with E-state index in [0.717, 1.165) is 10.9 Å². The fourth-order valence-electron chi connectivity index (χ4n) is 1.15. The number of nitrogen functional groups attached to an aromatic ring is 1. The lowest BCUT2D eigenvalue weighted by molar-refractivity contribution is 1.22. The third-order valence-corrected chi connectivity index (χ3v) is 1.82. The van der Waals surface area contributed by atoms with Crippen LogP contribution in [0.2, 0.25) is 0 Å². The van der Waals surface area contributed by atoms with Gasteiger partial charge in [-0.15, -0.1) is 0 Å². The number of aromatic nitrogens is 2. The zero-order chi connectivity index (χ0) is 9.26. The van der Waals surface area contributed by atoms with E-state index in [1.54, 1.807) is 18.3 Å². The molecule has 2 aromatic rings. The smallest absolute Gasteiger partial charge is 0.122 e. The number of nitrogens with two attached hydrogens (primary N) is 1. The summed E-state index contributed by atoms with van der Waals surface area (Å²) in [4.78, 5) is 7.95. The van der Waals surface area contributed by atoms with Crippen LogP contribution in [-0.4, -0.2) is 15.8 Å². The minimum Gasteiger partial charge on any atom is -0.384 e. The van der Waals surface area contributed by atoms with Crippen molar-refractivity contribution in [3.63, 3.8) is 0 Å². The molecule has 0 aliphatic carbocycles. The lowest BCUT2D eigenvalue weighted by Gasteiger charge is -1.99. The Morgan fingerprint density at radius 3 is 3.00 bits per heavy atom. The van der Waals surface area contributed by atoms with Crippen molar-refractivity contribution in [1.82, 2.24) is 9.97 Å². The molecule has 0 unspecified atom stereocenters. The Labute approximate surface area is 74.9 Å². The number of benzene rings is 1. The highest BCUT2D eigenvalue weighted by Gasteiger charge is 1.98. The van der Waals surface area contributed by atoms with Crippen LogP contribution in [0.15, 0.2) is 30.7 Å². The maximum atomic E-state index is 7.25. The summed E-state index contributed by atoms with van der Waals surface area (Å²) in [5.74, 6) is 0.0609. The molecule has 2 rings (SSSR count). The van der Waals surface area contributed by atoms with Crippen molar-refractivity contribution in [2.75, 3.05) is 0 Å². The first-order valence-corrected chi connectivity index (χ1v) is 3.81. The fourth-order valence-corrected chi connectivity index (χ4v) is 1.15. The summed E-state index contributed by atoms with van der Waals surface area (Å²) in [7, 11) is 0. The van der Waals surface area contributed by atoms with Crippen LogP contribution in [0, 0.1) is 5.41 Å². The molecule has 0 aliphatic heterocycles. The first-order chi connectivity index (χ1) is 6.27. The lowest BCUT2D eigenvalue weighted by Crippen LogP contribution is -2.10. The molecule has 1 aromatic heterocycles. The molecule has 0 spiro atoms. The molecule has 3 N–H and O–H groups in total. The van der Waals surface area contributed by atoms with E-state index in [9.17, 15) is 0 Å². The van der Waals surface area contributed by atoms with Gasteiger partial charge in [0.15, 0.2) is 0 Å². The molecule has 13 heavy (non-hydrogen) atoms. The van der Waals surface area contributed by atoms with Gasteiger partial charge >= 0.3 is 0 Å². The minimum atomic E-state index is 0.0609. The van der Waals surface area contributed by atoms with Gasteiger partial charge in [0.05, 0.1) is 5.52 Å². The second kappa shape index (κ2) is 2.82. The van der Waals surface area contributed by atoms with Gasteiger partial charge in [-0.1, -0.05) is 0 Å². The van der Waals surface area contributed by atoms with Crippen LogP contribution < -0.4 is 5.73 Å². The zero-order valence-electron chi connectivity index (χ0n) is 6.86. The Morgan fingerprint density at radius 2 is 2.23 bits per heavy atom. The number of rotatable bonds is 1. The monoisotopic (exact) mass is 172 g/mol. The molecule has 0 radical (unpaired) electrons. The van der Waals surface area contributed by atoms with Crippen LogP contribution in [0.5, 0.6) is 0 Å². The molecule has 0 bridgehead atoms. The van der Waals surface area contributed by atoms with Crippen LogP contribution in [-0.2, 0) is 0 Å². The third-order valence-electron chi connectivity index (χ3n) is 1.82. The Morgan fingerprint density at radius 1 is 1.38 bits per heavy atom. The summed E-state index contributed by atoms with van der Waals surface area (Å²) in [6.07, 6.45) is 3.20. The molecule has 1 aromatic carbocycles. The van der Waals surface area contributed by atoms with Crippen molar-refractivity contribution >= 4 is 16.7 Å². The van der Waals surface area contributed by atoms with Crippen LogP contribution >= 0.6 is 0 Å². The number of hydrogen-bond donors (Lipinski definition) is 2. The van der Waals surface area contributed by atoms with E-state index >= 15 is 0 Å². The summed E-state index contributed by atoms with van der Waals surface area (Å²) >= 11 is 0. The minimum absolute atomic E-state index is 0.0609. The lowest BCUT2D eigenvalue weighted by atomic mass is 10.1. The molecular formula is C9H8N4. The van der Waals surface area contributed by atoms with Gasteiger partial charge < -0.3 is 5.73 Å². The molecule has 1 heterocycles. The second-order valence-corrected chi connectivity index (χ2v) is 2.71. The number of fused-ring (bicyclic) bond motifs is 1. The van der Waals surface area contributed by atoms with Gasteiger partial charge in [-0.2, -0.15) is 0 Å². The van der Waals surface area contributed by atoms with Gasteiger partial charge in [0, 0.05) is 17.1 Å². The van der Waals surface area contributed by atoms with E-state index in [2.05, 4.69) is 9.97 Å². The highest BCUT2D eigenvalue weighted by Crippen LogP contribution is 2.11. The van der Waals surface area contributed by atoms with Crippen LogP contribution in [0.3, 0.4) is 0 Å². The summed E-state index contributed by atoms with van der Waals surface area (Å²) in [5, 5.41) is 8.15. The van der Waals surface area contributed by atoms with Gasteiger partial charge in [0.25, 0.3) is 0 Å². The standard InChI is InChI=1S/C9H8N4/c10-9(11)6-1-2-8-7(3-6)4-12-5-13-8/h1-5H,(H3,10,11). The Bertz CT molecular complexity index is 464. The van der Waals surface area contributed by atoms with Gasteiger partial charge in [-0.25, -0.2) is 9.97 Å². The fraction of sp³-hybridized carbons (Fsp3) is 0. The molecule has 4 nitrogen and oxygen atoms in total. The highest BCUT2D eigenvalue weighted by molar-refractivity contribution is 5.98. The van der Waals surface area contributed by atoms with Gasteiger partial charge in [0.2, 0.25) is 0 Å². The van der Waals surface area contributed by atoms with Crippen molar-refractivity contribution < 1.29 is 0 Å². The van der Waals surface area contributed by atoms with E-state index in [4.69, 9.17) is 11.1 Å². The predicted octanol–water partition coefficient (Wildman–Crippen LogP) is 0.914. The second-order valence-electron chi connectivity index (χ2n) is 2.71. The number of nitrogens with one attached hydrogen (secondary N) is 1. The van der Waals surface area contributed by atoms with Crippen LogP contribution in [0.25, 0.3) is 10.9 Å². The average molecular weight is 172 g/mol. The maximum absolute atomic E-state index is 7.25. The van der Waals surface area contributed by atoms with E-state index in [-0.39, 0.29) is 5.84 Å². The van der Waals surface area contributed by atoms with E-state index < -0.39 is 0 Å². The van der Waals surface area contributed by atoms with Gasteiger partial charge in [-0.05, 0) is 18.2 Å². The Hall–Kier alpha value is -1.97. The van der Waals surface area contributed by atoms with E-state index in [1.807, 2.05) is 6.07 Å². The van der Waals surface area contributed by atoms with Crippen molar-refractivity contribution in [2.45, 2.75) is 0 Å². The van der Waals surface area contributed by atoms with Crippen molar-refractivity contribution in [3.8, 4) is 0 Å². The number of nitrogens with zero attached hydrogens (tertiary/aromatic N) is 2. The Kier molecular flexibility index (Phi) is 1.66. The number of amidine groups is 1. The Balaban J connectivity index is 2.69. The van der Waals surface area contributed by atoms with Crippen LogP contribution in [0.1, 0.15) is 5.56 Å². The van der Waals surface area contributed by atoms with E-state index in [0.29, 0.717) is 5.56 Å². The zero-order valence-corrected chi connectivity index (χ0v) is 6.86. The quantitative estimate of drug-likeness (QED) is 0.496. The third kappa shape index (κ3) is 1.33. The molecule has 0 saturated carbocycles. The molecular weight excluding hydrogens is 164 g/mol. The first-order valence-electron chi connectivity index (χ1n) is 3.81. The predicted molar refractivity (Wildman–Crippen MR) is 50.6 cm³/mol. The van der Waals surface area contributed by atoms with Gasteiger partial charge in [-0.3, -0.25) is 5.41 Å². The molecule has 64 valence electrons. The van der Waals surface area contributed by atoms with Gasteiger partial charge in [0.1, 0.15) is 12.2 Å². The summed E-state index contributed by atoms with van der Waals surface area (Å²) in [6, 6.07) is 5.41. The topological polar surface area (TPSA) is 75.7 Å². The van der Waals surface area contributed by atoms with E-state index in [1.165, 1.54) is 6.33 Å². The molecule has 0 fully saturated rings. The van der Waals surface area contributed by atoms with Crippen LogP contribution in [0.4, 0.5) is 0 Å². The molecule has 0 saturated heterocycles. The summed E-state index contributed by atoms with van der Waals surface area (Å²) in [5.41, 5.74) is 6.90. The van der Waals surface area contributed by atoms with Crippen molar-refractivity contribution in [2.24, 2.45) is 5.73 Å². The summed E-state index contributed by atoms with van der Waals surface area (Å²) < 4.78 is 0. The molecule has 0 aliphatic rings. The summed E-state index contributed by atoms with van der Waals surface area (Å²) in [6.45, 7) is 0. The van der Waals surface area contributed by atoms with Crippen molar-refractivity contribution in [1.29, 1.82) is 5.41 Å². The number of hydrogen-bond acceptors (Lipinski definition) is 3. The first kappa shape index (κ1) is 7.67. The average Bonchev–Trinajstić information content (AvgIpc) is 2.17.